The number of likely N-dealkylation sites (N-methyl/N-ethyl adjacent to an activating group) is 1. The van der Waals surface area contributed by atoms with E-state index in [1.807, 2.05) is 14.1 Å². The van der Waals surface area contributed by atoms with Crippen LogP contribution >= 0.6 is 0 Å². The summed E-state index contributed by atoms with van der Waals surface area (Å²) < 4.78 is 0. The fourth-order valence-electron chi connectivity index (χ4n) is 2.06. The van der Waals surface area contributed by atoms with Crippen molar-refractivity contribution in [1.29, 1.82) is 0 Å². The first-order valence-electron chi connectivity index (χ1n) is 5.86. The number of nitrogens with two attached hydrogens (primary N) is 2. The van der Waals surface area contributed by atoms with Gasteiger partial charge in [-0.3, -0.25) is 9.59 Å². The van der Waals surface area contributed by atoms with E-state index in [9.17, 15) is 9.59 Å². The zero-order valence-electron chi connectivity index (χ0n) is 10.5. The van der Waals surface area contributed by atoms with Crippen LogP contribution in [0, 0.1) is 0 Å². The zero-order valence-corrected chi connectivity index (χ0v) is 10.5. The molecule has 1 rings (SSSR count). The lowest BCUT2D eigenvalue weighted by atomic mass is 9.75. The lowest BCUT2D eigenvalue weighted by Crippen LogP contribution is -2.58. The van der Waals surface area contributed by atoms with Gasteiger partial charge in [-0.2, -0.15) is 0 Å². The Bertz CT molecular complexity index is 300. The zero-order chi connectivity index (χ0) is 13.1. The van der Waals surface area contributed by atoms with Crippen LogP contribution in [0.25, 0.3) is 0 Å². The molecule has 5 N–H and O–H groups in total. The minimum Gasteiger partial charge on any atom is -0.370 e. The third kappa shape index (κ3) is 3.41. The third-order valence-electron chi connectivity index (χ3n) is 3.58. The van der Waals surface area contributed by atoms with Gasteiger partial charge >= 0.3 is 0 Å². The molecule has 0 spiro atoms. The van der Waals surface area contributed by atoms with Crippen molar-refractivity contribution in [2.45, 2.75) is 37.3 Å². The highest BCUT2D eigenvalue weighted by Crippen LogP contribution is 2.35. The first-order valence-corrected chi connectivity index (χ1v) is 5.86. The molecular formula is C11H22N4O2. The summed E-state index contributed by atoms with van der Waals surface area (Å²) in [4.78, 5) is 24.4. The molecule has 0 saturated heterocycles. The maximum Gasteiger partial charge on any atom is 0.237 e. The maximum absolute atomic E-state index is 11.6. The van der Waals surface area contributed by atoms with Gasteiger partial charge in [0.2, 0.25) is 11.8 Å². The first-order chi connectivity index (χ1) is 7.87. The van der Waals surface area contributed by atoms with E-state index in [0.29, 0.717) is 6.54 Å². The summed E-state index contributed by atoms with van der Waals surface area (Å²) in [6.07, 6.45) is 3.22. The van der Waals surface area contributed by atoms with Gasteiger partial charge in [-0.15, -0.1) is 0 Å². The molecule has 1 atom stereocenters. The van der Waals surface area contributed by atoms with Crippen molar-refractivity contribution in [3.63, 3.8) is 0 Å². The standard InChI is InChI=1S/C11H22N4O2/c1-15(2)11(4-3-5-11)7-14-10(17)8(12)6-9(13)16/h8H,3-7,12H2,1-2H3,(H2,13,16)(H,14,17). The Morgan fingerprint density at radius 1 is 1.41 bits per heavy atom. The van der Waals surface area contributed by atoms with Gasteiger partial charge in [0.25, 0.3) is 0 Å². The number of amides is 2. The quantitative estimate of drug-likeness (QED) is 0.544. The number of carbonyl (C=O) groups is 2. The summed E-state index contributed by atoms with van der Waals surface area (Å²) in [5, 5.41) is 2.80. The van der Waals surface area contributed by atoms with Gasteiger partial charge < -0.3 is 21.7 Å². The van der Waals surface area contributed by atoms with Crippen LogP contribution < -0.4 is 16.8 Å². The summed E-state index contributed by atoms with van der Waals surface area (Å²) in [5.41, 5.74) is 10.6. The van der Waals surface area contributed by atoms with E-state index in [2.05, 4.69) is 10.2 Å². The average Bonchev–Trinajstić information content (AvgIpc) is 2.13. The van der Waals surface area contributed by atoms with Crippen LogP contribution in [-0.4, -0.2) is 48.9 Å². The van der Waals surface area contributed by atoms with Crippen LogP contribution in [0.4, 0.5) is 0 Å². The van der Waals surface area contributed by atoms with Crippen LogP contribution in [0.2, 0.25) is 0 Å². The Balaban J connectivity index is 2.39. The van der Waals surface area contributed by atoms with Gasteiger partial charge in [0.15, 0.2) is 0 Å². The number of rotatable bonds is 6. The fraction of sp³-hybridized carbons (Fsp3) is 0.818. The van der Waals surface area contributed by atoms with Crippen LogP contribution in [-0.2, 0) is 9.59 Å². The van der Waals surface area contributed by atoms with E-state index in [1.54, 1.807) is 0 Å². The number of hydrogen-bond acceptors (Lipinski definition) is 4. The molecule has 0 bridgehead atoms. The van der Waals surface area contributed by atoms with Crippen molar-refractivity contribution < 1.29 is 9.59 Å². The molecule has 1 saturated carbocycles. The van der Waals surface area contributed by atoms with Gasteiger partial charge in [-0.05, 0) is 33.4 Å². The number of nitrogens with one attached hydrogen (secondary N) is 1. The summed E-state index contributed by atoms with van der Waals surface area (Å²) >= 11 is 0. The Morgan fingerprint density at radius 3 is 2.35 bits per heavy atom. The Kier molecular flexibility index (Phi) is 4.47. The highest BCUT2D eigenvalue weighted by atomic mass is 16.2. The second-order valence-corrected chi connectivity index (χ2v) is 4.97. The van der Waals surface area contributed by atoms with Crippen molar-refractivity contribution in [3.8, 4) is 0 Å². The van der Waals surface area contributed by atoms with Crippen molar-refractivity contribution in [2.75, 3.05) is 20.6 Å². The average molecular weight is 242 g/mol. The minimum atomic E-state index is -0.841. The van der Waals surface area contributed by atoms with E-state index in [1.165, 1.54) is 6.42 Å². The summed E-state index contributed by atoms with van der Waals surface area (Å²) in [6.45, 7) is 0.575. The second-order valence-electron chi connectivity index (χ2n) is 4.97. The van der Waals surface area contributed by atoms with Crippen LogP contribution in [0.15, 0.2) is 0 Å². The molecule has 0 radical (unpaired) electrons. The maximum atomic E-state index is 11.6. The molecule has 1 fully saturated rings. The molecule has 1 aliphatic rings. The largest absolute Gasteiger partial charge is 0.370 e. The fourth-order valence-corrected chi connectivity index (χ4v) is 2.06. The topological polar surface area (TPSA) is 101 Å². The minimum absolute atomic E-state index is 0.0576. The molecule has 0 aromatic heterocycles. The van der Waals surface area contributed by atoms with Crippen molar-refractivity contribution >= 4 is 11.8 Å². The second kappa shape index (κ2) is 5.46. The van der Waals surface area contributed by atoms with Gasteiger partial charge in [-0.1, -0.05) is 0 Å². The van der Waals surface area contributed by atoms with Crippen LogP contribution in [0.1, 0.15) is 25.7 Å². The highest BCUT2D eigenvalue weighted by molar-refractivity contribution is 5.87. The van der Waals surface area contributed by atoms with E-state index >= 15 is 0 Å². The molecule has 17 heavy (non-hydrogen) atoms. The molecule has 0 aromatic rings. The Morgan fingerprint density at radius 2 is 2.00 bits per heavy atom. The van der Waals surface area contributed by atoms with E-state index in [0.717, 1.165) is 12.8 Å². The normalized spacial score (nSPS) is 19.5. The molecule has 0 aromatic carbocycles. The first kappa shape index (κ1) is 13.9. The van der Waals surface area contributed by atoms with E-state index in [-0.39, 0.29) is 17.9 Å². The Labute approximate surface area is 102 Å². The van der Waals surface area contributed by atoms with Gasteiger partial charge in [-0.25, -0.2) is 0 Å². The molecule has 0 heterocycles. The Hall–Kier alpha value is -1.14. The third-order valence-corrected chi connectivity index (χ3v) is 3.58. The van der Waals surface area contributed by atoms with Crippen molar-refractivity contribution in [1.82, 2.24) is 10.2 Å². The summed E-state index contributed by atoms with van der Waals surface area (Å²) in [6, 6.07) is -0.841. The van der Waals surface area contributed by atoms with Crippen molar-refractivity contribution in [2.24, 2.45) is 11.5 Å². The highest BCUT2D eigenvalue weighted by Gasteiger charge is 2.39. The number of hydrogen-bond donors (Lipinski definition) is 3. The molecule has 98 valence electrons. The number of primary amides is 1. The lowest BCUT2D eigenvalue weighted by Gasteiger charge is -2.47. The smallest absolute Gasteiger partial charge is 0.237 e. The van der Waals surface area contributed by atoms with E-state index in [4.69, 9.17) is 11.5 Å². The lowest BCUT2D eigenvalue weighted by molar-refractivity contribution is -0.127. The van der Waals surface area contributed by atoms with Crippen LogP contribution in [0.3, 0.4) is 0 Å². The van der Waals surface area contributed by atoms with Crippen molar-refractivity contribution in [3.05, 3.63) is 0 Å². The molecular weight excluding hydrogens is 220 g/mol. The number of carbonyl (C=O) groups excluding carboxylic acids is 2. The van der Waals surface area contributed by atoms with Gasteiger partial charge in [0.05, 0.1) is 12.5 Å². The molecule has 1 aliphatic carbocycles. The van der Waals surface area contributed by atoms with Gasteiger partial charge in [0, 0.05) is 12.1 Å². The molecule has 2 amide bonds. The molecule has 6 nitrogen and oxygen atoms in total. The molecule has 6 heteroatoms. The molecule has 1 unspecified atom stereocenters. The SMILES string of the molecule is CN(C)C1(CNC(=O)C(N)CC(N)=O)CCC1. The number of nitrogens with zero attached hydrogens (tertiary/aromatic N) is 1. The molecule has 0 aliphatic heterocycles. The van der Waals surface area contributed by atoms with Crippen LogP contribution in [0.5, 0.6) is 0 Å². The summed E-state index contributed by atoms with van der Waals surface area (Å²) in [7, 11) is 4.02. The summed E-state index contributed by atoms with van der Waals surface area (Å²) in [5.74, 6) is -0.865. The van der Waals surface area contributed by atoms with E-state index < -0.39 is 11.9 Å². The predicted molar refractivity (Wildman–Crippen MR) is 65.1 cm³/mol. The predicted octanol–water partition coefficient (Wildman–Crippen LogP) is -1.21. The monoisotopic (exact) mass is 242 g/mol. The van der Waals surface area contributed by atoms with Gasteiger partial charge in [0.1, 0.15) is 0 Å².